The number of primary amides is 1. The number of nitrogens with one attached hydrogen (secondary N) is 1. The van der Waals surface area contributed by atoms with Gasteiger partial charge in [-0.2, -0.15) is 0 Å². The van der Waals surface area contributed by atoms with Crippen LogP contribution in [0.25, 0.3) is 0 Å². The second-order valence-electron chi connectivity index (χ2n) is 3.84. The summed E-state index contributed by atoms with van der Waals surface area (Å²) >= 11 is 0. The average Bonchev–Trinajstić information content (AvgIpc) is 2.33. The lowest BCUT2D eigenvalue weighted by Gasteiger charge is -2.14. The maximum atomic E-state index is 11.7. The molecule has 5 N–H and O–H groups in total. The smallest absolute Gasteiger partial charge is 0.254 e. The number of carbonyl (C=O) groups is 2. The van der Waals surface area contributed by atoms with E-state index in [0.29, 0.717) is 11.3 Å². The predicted octanol–water partition coefficient (Wildman–Crippen LogP) is 0.00612. The first-order valence-electron chi connectivity index (χ1n) is 5.43. The minimum atomic E-state index is -0.694. The Hall–Kier alpha value is -1.92. The Morgan fingerprint density at radius 1 is 1.44 bits per heavy atom. The van der Waals surface area contributed by atoms with Gasteiger partial charge in [-0.25, -0.2) is 0 Å². The summed E-state index contributed by atoms with van der Waals surface area (Å²) in [4.78, 5) is 22.7. The second kappa shape index (κ2) is 6.13. The lowest BCUT2D eigenvalue weighted by Crippen LogP contribution is -2.36. The molecule has 6 nitrogen and oxygen atoms in total. The molecule has 0 spiro atoms. The number of amides is 2. The minimum Gasteiger partial charge on any atom is -0.370 e. The molecule has 0 radical (unpaired) electrons. The third-order valence-corrected chi connectivity index (χ3v) is 2.56. The van der Waals surface area contributed by atoms with E-state index in [0.717, 1.165) is 5.56 Å². The SMILES string of the molecule is COC(CN)C(=O)Nc1ccc(C(N)=O)cc1C. The van der Waals surface area contributed by atoms with E-state index >= 15 is 0 Å². The number of nitrogens with two attached hydrogens (primary N) is 2. The first-order chi connectivity index (χ1) is 8.49. The quantitative estimate of drug-likeness (QED) is 0.684. The number of rotatable bonds is 5. The summed E-state index contributed by atoms with van der Waals surface area (Å²) in [6, 6.07) is 4.79. The fourth-order valence-corrected chi connectivity index (χ4v) is 1.48. The van der Waals surface area contributed by atoms with Gasteiger partial charge < -0.3 is 21.5 Å². The number of aryl methyl sites for hydroxylation is 1. The van der Waals surface area contributed by atoms with Gasteiger partial charge in [-0.05, 0) is 30.7 Å². The van der Waals surface area contributed by atoms with Crippen LogP contribution in [0.15, 0.2) is 18.2 Å². The van der Waals surface area contributed by atoms with Gasteiger partial charge in [0.2, 0.25) is 5.91 Å². The lowest BCUT2D eigenvalue weighted by molar-refractivity contribution is -0.125. The van der Waals surface area contributed by atoms with Crippen LogP contribution in [0.3, 0.4) is 0 Å². The molecule has 1 aromatic carbocycles. The molecule has 6 heteroatoms. The fraction of sp³-hybridized carbons (Fsp3) is 0.333. The molecular weight excluding hydrogens is 234 g/mol. The van der Waals surface area contributed by atoms with Crippen LogP contribution in [0.5, 0.6) is 0 Å². The van der Waals surface area contributed by atoms with Gasteiger partial charge in [-0.15, -0.1) is 0 Å². The Bertz CT molecular complexity index is 456. The molecule has 1 unspecified atom stereocenters. The zero-order valence-corrected chi connectivity index (χ0v) is 10.4. The highest BCUT2D eigenvalue weighted by atomic mass is 16.5. The molecule has 0 fully saturated rings. The Morgan fingerprint density at radius 3 is 2.56 bits per heavy atom. The Labute approximate surface area is 105 Å². The maximum absolute atomic E-state index is 11.7. The van der Waals surface area contributed by atoms with Crippen molar-refractivity contribution < 1.29 is 14.3 Å². The number of methoxy groups -OCH3 is 1. The number of anilines is 1. The van der Waals surface area contributed by atoms with E-state index < -0.39 is 12.0 Å². The van der Waals surface area contributed by atoms with Gasteiger partial charge in [-0.3, -0.25) is 9.59 Å². The second-order valence-corrected chi connectivity index (χ2v) is 3.84. The van der Waals surface area contributed by atoms with Crippen LogP contribution in [0, 0.1) is 6.92 Å². The number of benzene rings is 1. The summed E-state index contributed by atoms with van der Waals surface area (Å²) in [6.45, 7) is 1.87. The van der Waals surface area contributed by atoms with E-state index in [-0.39, 0.29) is 12.5 Å². The summed E-state index contributed by atoms with van der Waals surface area (Å²) in [5, 5.41) is 2.68. The number of ether oxygens (including phenoxy) is 1. The van der Waals surface area contributed by atoms with Crippen molar-refractivity contribution >= 4 is 17.5 Å². The van der Waals surface area contributed by atoms with Gasteiger partial charge in [0, 0.05) is 24.9 Å². The molecule has 0 aliphatic carbocycles. The first-order valence-corrected chi connectivity index (χ1v) is 5.43. The molecule has 1 rings (SSSR count). The molecule has 1 aromatic rings. The van der Waals surface area contributed by atoms with Crippen molar-refractivity contribution in [1.82, 2.24) is 0 Å². The highest BCUT2D eigenvalue weighted by Gasteiger charge is 2.16. The van der Waals surface area contributed by atoms with Crippen LogP contribution in [0.2, 0.25) is 0 Å². The van der Waals surface area contributed by atoms with Crippen molar-refractivity contribution in [1.29, 1.82) is 0 Å². The molecule has 1 atom stereocenters. The van der Waals surface area contributed by atoms with Crippen LogP contribution < -0.4 is 16.8 Å². The number of hydrogen-bond acceptors (Lipinski definition) is 4. The topological polar surface area (TPSA) is 107 Å². The summed E-state index contributed by atoms with van der Waals surface area (Å²) in [6.07, 6.45) is -0.694. The third-order valence-electron chi connectivity index (χ3n) is 2.56. The molecule has 98 valence electrons. The van der Waals surface area contributed by atoms with E-state index in [1.54, 1.807) is 25.1 Å². The molecule has 0 saturated carbocycles. The van der Waals surface area contributed by atoms with Crippen LogP contribution in [0.4, 0.5) is 5.69 Å². The van der Waals surface area contributed by atoms with E-state index in [9.17, 15) is 9.59 Å². The molecule has 0 aliphatic rings. The molecule has 0 aliphatic heterocycles. The van der Waals surface area contributed by atoms with E-state index in [1.807, 2.05) is 0 Å². The van der Waals surface area contributed by atoms with Crippen molar-refractivity contribution in [2.75, 3.05) is 19.0 Å². The first kappa shape index (κ1) is 14.1. The van der Waals surface area contributed by atoms with Crippen molar-refractivity contribution in [3.63, 3.8) is 0 Å². The molecule has 0 saturated heterocycles. The maximum Gasteiger partial charge on any atom is 0.254 e. The molecule has 0 heterocycles. The highest BCUT2D eigenvalue weighted by molar-refractivity contribution is 5.97. The van der Waals surface area contributed by atoms with Gasteiger partial charge in [0.05, 0.1) is 0 Å². The van der Waals surface area contributed by atoms with Gasteiger partial charge in [0.25, 0.3) is 5.91 Å². The molecule has 0 aromatic heterocycles. The third kappa shape index (κ3) is 3.28. The van der Waals surface area contributed by atoms with E-state index in [2.05, 4.69) is 5.32 Å². The Balaban J connectivity index is 2.86. The molecule has 18 heavy (non-hydrogen) atoms. The van der Waals surface area contributed by atoms with E-state index in [4.69, 9.17) is 16.2 Å². The molecule has 0 bridgehead atoms. The number of hydrogen-bond donors (Lipinski definition) is 3. The lowest BCUT2D eigenvalue weighted by atomic mass is 10.1. The van der Waals surface area contributed by atoms with Crippen molar-refractivity contribution in [2.45, 2.75) is 13.0 Å². The zero-order chi connectivity index (χ0) is 13.7. The standard InChI is InChI=1S/C12H17N3O3/c1-7-5-8(11(14)16)3-4-9(7)15-12(17)10(6-13)18-2/h3-5,10H,6,13H2,1-2H3,(H2,14,16)(H,15,17). The van der Waals surface area contributed by atoms with Crippen molar-refractivity contribution in [2.24, 2.45) is 11.5 Å². The largest absolute Gasteiger partial charge is 0.370 e. The highest BCUT2D eigenvalue weighted by Crippen LogP contribution is 2.16. The molecular formula is C12H17N3O3. The van der Waals surface area contributed by atoms with Crippen LogP contribution in [-0.2, 0) is 9.53 Å². The fourth-order valence-electron chi connectivity index (χ4n) is 1.48. The van der Waals surface area contributed by atoms with Gasteiger partial charge >= 0.3 is 0 Å². The Morgan fingerprint density at radius 2 is 2.11 bits per heavy atom. The zero-order valence-electron chi connectivity index (χ0n) is 10.4. The summed E-state index contributed by atoms with van der Waals surface area (Å²) in [5.41, 5.74) is 12.3. The van der Waals surface area contributed by atoms with Crippen LogP contribution in [0.1, 0.15) is 15.9 Å². The normalized spacial score (nSPS) is 11.9. The Kier molecular flexibility index (Phi) is 4.82. The van der Waals surface area contributed by atoms with Crippen molar-refractivity contribution in [3.8, 4) is 0 Å². The minimum absolute atomic E-state index is 0.0980. The number of carbonyl (C=O) groups excluding carboxylic acids is 2. The van der Waals surface area contributed by atoms with Crippen molar-refractivity contribution in [3.05, 3.63) is 29.3 Å². The monoisotopic (exact) mass is 251 g/mol. The molecule has 2 amide bonds. The average molecular weight is 251 g/mol. The van der Waals surface area contributed by atoms with E-state index in [1.165, 1.54) is 7.11 Å². The predicted molar refractivity (Wildman–Crippen MR) is 68.2 cm³/mol. The summed E-state index contributed by atoms with van der Waals surface area (Å²) in [7, 11) is 1.42. The van der Waals surface area contributed by atoms with Gasteiger partial charge in [0.1, 0.15) is 6.10 Å². The summed E-state index contributed by atoms with van der Waals surface area (Å²) in [5.74, 6) is -0.831. The summed E-state index contributed by atoms with van der Waals surface area (Å²) < 4.78 is 4.92. The van der Waals surface area contributed by atoms with Crippen LogP contribution in [-0.4, -0.2) is 31.6 Å². The van der Waals surface area contributed by atoms with Gasteiger partial charge in [-0.1, -0.05) is 0 Å². The van der Waals surface area contributed by atoms with Crippen LogP contribution >= 0.6 is 0 Å². The van der Waals surface area contributed by atoms with Gasteiger partial charge in [0.15, 0.2) is 0 Å².